The van der Waals surface area contributed by atoms with Crippen LogP contribution in [0.3, 0.4) is 0 Å². The molecule has 0 aromatic rings. The first-order valence-corrected chi connectivity index (χ1v) is 5.81. The normalized spacial score (nSPS) is 12.5. The summed E-state index contributed by atoms with van der Waals surface area (Å²) in [5, 5.41) is 0. The topological polar surface area (TPSA) is 0 Å². The molecule has 1 atom stereocenters. The Hall–Kier alpha value is 0. The number of hydrogen-bond donors (Lipinski definition) is 0. The summed E-state index contributed by atoms with van der Waals surface area (Å²) in [6.45, 7) is 13.3. The largest absolute Gasteiger partial charge is 0.0654 e. The highest BCUT2D eigenvalue weighted by molar-refractivity contribution is 4.74. The maximum atomic E-state index is 3.92. The van der Waals surface area contributed by atoms with Gasteiger partial charge in [0.1, 0.15) is 0 Å². The lowest BCUT2D eigenvalue weighted by atomic mass is 9.75. The van der Waals surface area contributed by atoms with Gasteiger partial charge in [0.15, 0.2) is 0 Å². The fraction of sp³-hybridized carbons (Fsp3) is 0.923. The van der Waals surface area contributed by atoms with E-state index in [0.29, 0.717) is 5.41 Å². The summed E-state index contributed by atoms with van der Waals surface area (Å²) < 4.78 is 0. The highest BCUT2D eigenvalue weighted by Gasteiger charge is 2.22. The lowest BCUT2D eigenvalue weighted by Gasteiger charge is -2.30. The molecule has 0 aliphatic rings. The molecule has 0 fully saturated rings. The molecule has 0 spiro atoms. The Balaban J connectivity index is 3.88. The van der Waals surface area contributed by atoms with E-state index in [2.05, 4.69) is 34.6 Å². The van der Waals surface area contributed by atoms with E-state index in [1.54, 1.807) is 0 Å². The summed E-state index contributed by atoms with van der Waals surface area (Å²) >= 11 is 0. The van der Waals surface area contributed by atoms with Gasteiger partial charge in [-0.25, -0.2) is 0 Å². The SMILES string of the molecule is [CH2]CCCC(CCCC)C(C)(C)C. The Bertz CT molecular complexity index is 99.7. The maximum absolute atomic E-state index is 3.92. The van der Waals surface area contributed by atoms with Crippen LogP contribution in [0.2, 0.25) is 0 Å². The molecule has 0 aliphatic heterocycles. The second kappa shape index (κ2) is 6.45. The van der Waals surface area contributed by atoms with E-state index in [-0.39, 0.29) is 0 Å². The molecule has 0 saturated heterocycles. The number of unbranched alkanes of at least 4 members (excludes halogenated alkanes) is 2. The van der Waals surface area contributed by atoms with Crippen LogP contribution in [-0.2, 0) is 0 Å². The van der Waals surface area contributed by atoms with Crippen molar-refractivity contribution in [3.63, 3.8) is 0 Å². The minimum absolute atomic E-state index is 0.490. The summed E-state index contributed by atoms with van der Waals surface area (Å²) in [7, 11) is 0. The third kappa shape index (κ3) is 6.12. The first kappa shape index (κ1) is 13.0. The summed E-state index contributed by atoms with van der Waals surface area (Å²) in [6.07, 6.45) is 7.88. The lowest BCUT2D eigenvalue weighted by molar-refractivity contribution is 0.204. The first-order chi connectivity index (χ1) is 6.02. The fourth-order valence-electron chi connectivity index (χ4n) is 1.85. The average molecular weight is 183 g/mol. The molecule has 0 saturated carbocycles. The van der Waals surface area contributed by atoms with Crippen LogP contribution in [-0.4, -0.2) is 0 Å². The molecular weight excluding hydrogens is 156 g/mol. The molecule has 0 heterocycles. The highest BCUT2D eigenvalue weighted by atomic mass is 14.3. The van der Waals surface area contributed by atoms with Crippen LogP contribution in [0.5, 0.6) is 0 Å². The Morgan fingerprint density at radius 3 is 2.00 bits per heavy atom. The number of rotatable bonds is 6. The van der Waals surface area contributed by atoms with Crippen molar-refractivity contribution in [2.45, 2.75) is 66.2 Å². The predicted octanol–water partition coefficient (Wildman–Crippen LogP) is 4.84. The van der Waals surface area contributed by atoms with Crippen molar-refractivity contribution in [2.24, 2.45) is 11.3 Å². The van der Waals surface area contributed by atoms with Crippen LogP contribution < -0.4 is 0 Å². The molecule has 0 amide bonds. The molecule has 0 heteroatoms. The standard InChI is InChI=1S/C13H27/c1-6-8-10-12(11-9-7-2)13(3,4)5/h12H,1,6-11H2,2-5H3. The molecule has 0 aromatic carbocycles. The average Bonchev–Trinajstić information content (AvgIpc) is 2.02. The van der Waals surface area contributed by atoms with Gasteiger partial charge >= 0.3 is 0 Å². The third-order valence-electron chi connectivity index (χ3n) is 2.93. The molecule has 0 aromatic heterocycles. The molecule has 79 valence electrons. The predicted molar refractivity (Wildman–Crippen MR) is 61.7 cm³/mol. The second-order valence-corrected chi connectivity index (χ2v) is 5.20. The Morgan fingerprint density at radius 2 is 1.62 bits per heavy atom. The van der Waals surface area contributed by atoms with Gasteiger partial charge in [-0.2, -0.15) is 0 Å². The van der Waals surface area contributed by atoms with Gasteiger partial charge in [0.2, 0.25) is 0 Å². The van der Waals surface area contributed by atoms with Gasteiger partial charge in [-0.15, -0.1) is 0 Å². The van der Waals surface area contributed by atoms with E-state index in [4.69, 9.17) is 0 Å². The molecule has 1 unspecified atom stereocenters. The summed E-state index contributed by atoms with van der Waals surface area (Å²) in [5.74, 6) is 0.897. The fourth-order valence-corrected chi connectivity index (χ4v) is 1.85. The van der Waals surface area contributed by atoms with Gasteiger partial charge in [0, 0.05) is 0 Å². The second-order valence-electron chi connectivity index (χ2n) is 5.20. The quantitative estimate of drug-likeness (QED) is 0.552. The smallest absolute Gasteiger partial charge is 0.0354 e. The van der Waals surface area contributed by atoms with Crippen molar-refractivity contribution in [1.29, 1.82) is 0 Å². The van der Waals surface area contributed by atoms with Gasteiger partial charge < -0.3 is 0 Å². The monoisotopic (exact) mass is 183 g/mol. The van der Waals surface area contributed by atoms with Crippen molar-refractivity contribution in [1.82, 2.24) is 0 Å². The van der Waals surface area contributed by atoms with E-state index in [0.717, 1.165) is 12.3 Å². The molecule has 0 rings (SSSR count). The van der Waals surface area contributed by atoms with Crippen molar-refractivity contribution >= 4 is 0 Å². The van der Waals surface area contributed by atoms with Gasteiger partial charge in [0.05, 0.1) is 0 Å². The molecular formula is C13H27. The Labute approximate surface area is 85.1 Å². The molecule has 1 radical (unpaired) electrons. The van der Waals surface area contributed by atoms with Crippen LogP contribution in [0.1, 0.15) is 66.2 Å². The molecule has 0 nitrogen and oxygen atoms in total. The van der Waals surface area contributed by atoms with Crippen molar-refractivity contribution in [3.05, 3.63) is 6.92 Å². The lowest BCUT2D eigenvalue weighted by Crippen LogP contribution is -2.20. The minimum atomic E-state index is 0.490. The van der Waals surface area contributed by atoms with E-state index < -0.39 is 0 Å². The Kier molecular flexibility index (Phi) is 6.45. The highest BCUT2D eigenvalue weighted by Crippen LogP contribution is 2.33. The van der Waals surface area contributed by atoms with E-state index in [1.807, 2.05) is 0 Å². The molecule has 0 aliphatic carbocycles. The van der Waals surface area contributed by atoms with Gasteiger partial charge in [0.25, 0.3) is 0 Å². The van der Waals surface area contributed by atoms with Crippen LogP contribution >= 0.6 is 0 Å². The first-order valence-electron chi connectivity index (χ1n) is 5.81. The van der Waals surface area contributed by atoms with Crippen molar-refractivity contribution in [2.75, 3.05) is 0 Å². The van der Waals surface area contributed by atoms with Crippen molar-refractivity contribution in [3.8, 4) is 0 Å². The minimum Gasteiger partial charge on any atom is -0.0654 e. The zero-order chi connectivity index (χ0) is 10.3. The van der Waals surface area contributed by atoms with E-state index >= 15 is 0 Å². The van der Waals surface area contributed by atoms with Gasteiger partial charge in [-0.1, -0.05) is 60.3 Å². The van der Waals surface area contributed by atoms with Crippen LogP contribution in [0.15, 0.2) is 0 Å². The van der Waals surface area contributed by atoms with Gasteiger partial charge in [-0.05, 0) is 24.2 Å². The van der Waals surface area contributed by atoms with Gasteiger partial charge in [-0.3, -0.25) is 0 Å². The third-order valence-corrected chi connectivity index (χ3v) is 2.93. The van der Waals surface area contributed by atoms with Crippen LogP contribution in [0.25, 0.3) is 0 Å². The molecule has 0 bridgehead atoms. The zero-order valence-electron chi connectivity index (χ0n) is 10.0. The van der Waals surface area contributed by atoms with Crippen LogP contribution in [0, 0.1) is 18.3 Å². The summed E-state index contributed by atoms with van der Waals surface area (Å²) in [4.78, 5) is 0. The van der Waals surface area contributed by atoms with E-state index in [1.165, 1.54) is 32.1 Å². The molecule has 0 N–H and O–H groups in total. The summed E-state index contributed by atoms with van der Waals surface area (Å²) in [6, 6.07) is 0. The van der Waals surface area contributed by atoms with Crippen molar-refractivity contribution < 1.29 is 0 Å². The van der Waals surface area contributed by atoms with Crippen LogP contribution in [0.4, 0.5) is 0 Å². The maximum Gasteiger partial charge on any atom is -0.0354 e. The zero-order valence-corrected chi connectivity index (χ0v) is 10.0. The molecule has 13 heavy (non-hydrogen) atoms. The summed E-state index contributed by atoms with van der Waals surface area (Å²) in [5.41, 5.74) is 0.490. The van der Waals surface area contributed by atoms with E-state index in [9.17, 15) is 0 Å². The Morgan fingerprint density at radius 1 is 1.08 bits per heavy atom. The number of hydrogen-bond acceptors (Lipinski definition) is 0.